The number of aromatic nitrogens is 2. The molecular formula is C26H18BN2O2. The molecule has 0 spiro atoms. The number of fused-ring (bicyclic) bond motifs is 1. The normalized spacial score (nSPS) is 10.7. The molecule has 1 N–H and O–H groups in total. The van der Waals surface area contributed by atoms with Crippen molar-refractivity contribution in [3.8, 4) is 39.5 Å². The summed E-state index contributed by atoms with van der Waals surface area (Å²) in [7, 11) is 0.678. The number of nitrogens with zero attached hydrogens (tertiary/aromatic N) is 2. The Morgan fingerprint density at radius 3 is 2.19 bits per heavy atom. The van der Waals surface area contributed by atoms with Crippen LogP contribution < -0.4 is 4.65 Å². The molecule has 0 saturated carbocycles. The van der Waals surface area contributed by atoms with Crippen molar-refractivity contribution < 1.29 is 9.68 Å². The average Bonchev–Trinajstić information content (AvgIpc) is 2.84. The van der Waals surface area contributed by atoms with Gasteiger partial charge in [-0.2, -0.15) is 0 Å². The monoisotopic (exact) mass is 401 g/mol. The van der Waals surface area contributed by atoms with Crippen molar-refractivity contribution >= 4 is 18.6 Å². The van der Waals surface area contributed by atoms with Crippen molar-refractivity contribution in [2.75, 3.05) is 0 Å². The van der Waals surface area contributed by atoms with E-state index < -0.39 is 0 Å². The second-order valence-corrected chi connectivity index (χ2v) is 7.11. The average molecular weight is 401 g/mol. The first-order valence-electron chi connectivity index (χ1n) is 9.97. The van der Waals surface area contributed by atoms with Crippen LogP contribution in [-0.2, 0) is 0 Å². The van der Waals surface area contributed by atoms with E-state index in [1.54, 1.807) is 6.07 Å². The van der Waals surface area contributed by atoms with E-state index in [0.717, 1.165) is 38.9 Å². The van der Waals surface area contributed by atoms with Gasteiger partial charge in [0.15, 0.2) is 5.82 Å². The molecule has 4 aromatic carbocycles. The van der Waals surface area contributed by atoms with E-state index in [2.05, 4.69) is 24.3 Å². The zero-order valence-electron chi connectivity index (χ0n) is 16.6. The van der Waals surface area contributed by atoms with Crippen LogP contribution in [0.1, 0.15) is 0 Å². The number of para-hydroxylation sites is 1. The smallest absolute Gasteiger partial charge is 0.537 e. The topological polar surface area (TPSA) is 55.2 Å². The molecule has 1 aromatic heterocycles. The Kier molecular flexibility index (Phi) is 5.17. The molecule has 0 bridgehead atoms. The van der Waals surface area contributed by atoms with Crippen LogP contribution >= 0.6 is 0 Å². The summed E-state index contributed by atoms with van der Waals surface area (Å²) in [6, 6.07) is 34.0. The summed E-state index contributed by atoms with van der Waals surface area (Å²) in [5.41, 5.74) is 5.78. The van der Waals surface area contributed by atoms with Crippen LogP contribution in [0.15, 0.2) is 103 Å². The van der Waals surface area contributed by atoms with E-state index in [4.69, 9.17) is 19.6 Å². The van der Waals surface area contributed by atoms with E-state index in [9.17, 15) is 0 Å². The first kappa shape index (κ1) is 19.0. The first-order chi connectivity index (χ1) is 15.3. The van der Waals surface area contributed by atoms with E-state index >= 15 is 0 Å². The van der Waals surface area contributed by atoms with Crippen molar-refractivity contribution in [1.82, 2.24) is 9.97 Å². The lowest BCUT2D eigenvalue weighted by Gasteiger charge is -2.11. The Morgan fingerprint density at radius 1 is 0.613 bits per heavy atom. The summed E-state index contributed by atoms with van der Waals surface area (Å²) in [5, 5.41) is 9.95. The zero-order valence-corrected chi connectivity index (χ0v) is 16.6. The number of benzene rings is 4. The van der Waals surface area contributed by atoms with Crippen LogP contribution in [0.3, 0.4) is 0 Å². The molecule has 5 aromatic rings. The lowest BCUT2D eigenvalue weighted by atomic mass is 10.0. The van der Waals surface area contributed by atoms with Crippen molar-refractivity contribution in [2.45, 2.75) is 0 Å². The van der Waals surface area contributed by atoms with Gasteiger partial charge >= 0.3 is 7.69 Å². The predicted octanol–water partition coefficient (Wildman–Crippen LogP) is 5.54. The molecule has 0 aliphatic rings. The SMILES string of the molecule is O[B]Oc1cccc(-c2nc(-c3cccc(-c4ccccc4)c3)nc3ccccc23)c1. The minimum Gasteiger partial charge on any atom is -0.537 e. The van der Waals surface area contributed by atoms with Gasteiger partial charge in [0.25, 0.3) is 0 Å². The highest BCUT2D eigenvalue weighted by Gasteiger charge is 2.12. The van der Waals surface area contributed by atoms with Gasteiger partial charge < -0.3 is 9.68 Å². The van der Waals surface area contributed by atoms with Crippen LogP contribution in [0.25, 0.3) is 44.7 Å². The Balaban J connectivity index is 1.67. The Bertz CT molecular complexity index is 1360. The Morgan fingerprint density at radius 2 is 1.32 bits per heavy atom. The van der Waals surface area contributed by atoms with E-state index in [-0.39, 0.29) is 0 Å². The van der Waals surface area contributed by atoms with E-state index in [1.807, 2.05) is 72.8 Å². The van der Waals surface area contributed by atoms with Crippen LogP contribution in [0, 0.1) is 0 Å². The molecule has 147 valence electrons. The molecule has 0 amide bonds. The molecule has 0 aliphatic heterocycles. The molecule has 5 rings (SSSR count). The molecular weight excluding hydrogens is 383 g/mol. The van der Waals surface area contributed by atoms with Crippen molar-refractivity contribution in [2.24, 2.45) is 0 Å². The van der Waals surface area contributed by atoms with Gasteiger partial charge in [-0.15, -0.1) is 0 Å². The summed E-state index contributed by atoms with van der Waals surface area (Å²) < 4.78 is 5.15. The lowest BCUT2D eigenvalue weighted by molar-refractivity contribution is 0.454. The lowest BCUT2D eigenvalue weighted by Crippen LogP contribution is -2.00. The maximum absolute atomic E-state index is 8.99. The fraction of sp³-hybridized carbons (Fsp3) is 0. The summed E-state index contributed by atoms with van der Waals surface area (Å²) >= 11 is 0. The van der Waals surface area contributed by atoms with Gasteiger partial charge in [-0.1, -0.05) is 78.9 Å². The second-order valence-electron chi connectivity index (χ2n) is 7.11. The van der Waals surface area contributed by atoms with Gasteiger partial charge in [-0.05, 0) is 35.4 Å². The summed E-state index contributed by atoms with van der Waals surface area (Å²) in [6.45, 7) is 0. The third-order valence-electron chi connectivity index (χ3n) is 5.13. The Labute approximate surface area is 181 Å². The Hall–Kier alpha value is -3.96. The van der Waals surface area contributed by atoms with E-state index in [0.29, 0.717) is 19.3 Å². The minimum absolute atomic E-state index is 0.537. The highest BCUT2D eigenvalue weighted by molar-refractivity contribution is 6.17. The maximum Gasteiger partial charge on any atom is 0.569 e. The fourth-order valence-electron chi connectivity index (χ4n) is 3.67. The van der Waals surface area contributed by atoms with Crippen LogP contribution in [-0.4, -0.2) is 22.7 Å². The summed E-state index contributed by atoms with van der Waals surface area (Å²) in [5.74, 6) is 1.20. The van der Waals surface area contributed by atoms with Gasteiger partial charge in [0, 0.05) is 16.5 Å². The fourth-order valence-corrected chi connectivity index (χ4v) is 3.67. The number of hydrogen-bond donors (Lipinski definition) is 1. The van der Waals surface area contributed by atoms with Crippen molar-refractivity contribution in [3.05, 3.63) is 103 Å². The molecule has 5 heteroatoms. The molecule has 4 nitrogen and oxygen atoms in total. The predicted molar refractivity (Wildman–Crippen MR) is 124 cm³/mol. The molecule has 0 unspecified atom stereocenters. The van der Waals surface area contributed by atoms with Gasteiger partial charge in [-0.3, -0.25) is 0 Å². The van der Waals surface area contributed by atoms with Gasteiger partial charge in [0.1, 0.15) is 5.75 Å². The quantitative estimate of drug-likeness (QED) is 0.393. The van der Waals surface area contributed by atoms with E-state index in [1.165, 1.54) is 0 Å². The molecule has 31 heavy (non-hydrogen) atoms. The summed E-state index contributed by atoms with van der Waals surface area (Å²) in [4.78, 5) is 9.77. The molecule has 0 fully saturated rings. The van der Waals surface area contributed by atoms with Crippen LogP contribution in [0.2, 0.25) is 0 Å². The maximum atomic E-state index is 8.99. The number of hydrogen-bond acceptors (Lipinski definition) is 4. The highest BCUT2D eigenvalue weighted by atomic mass is 16.5. The van der Waals surface area contributed by atoms with Crippen LogP contribution in [0.5, 0.6) is 5.75 Å². The molecule has 0 saturated heterocycles. The standard InChI is InChI=1S/C26H18BN2O2/c30-27-31-22-13-7-11-20(17-22)25-23-14-4-5-15-24(23)28-26(29-25)21-12-6-10-19(16-21)18-8-2-1-3-9-18/h1-17,30H. The second kappa shape index (κ2) is 8.42. The summed E-state index contributed by atoms with van der Waals surface area (Å²) in [6.07, 6.45) is 0. The molecule has 1 heterocycles. The third kappa shape index (κ3) is 3.91. The van der Waals surface area contributed by atoms with Crippen molar-refractivity contribution in [3.63, 3.8) is 0 Å². The zero-order chi connectivity index (χ0) is 21.0. The largest absolute Gasteiger partial charge is 0.569 e. The molecule has 0 atom stereocenters. The third-order valence-corrected chi connectivity index (χ3v) is 5.13. The highest BCUT2D eigenvalue weighted by Crippen LogP contribution is 2.32. The molecule has 0 aliphatic carbocycles. The first-order valence-corrected chi connectivity index (χ1v) is 9.97. The molecule has 1 radical (unpaired) electrons. The van der Waals surface area contributed by atoms with Crippen molar-refractivity contribution in [1.29, 1.82) is 0 Å². The minimum atomic E-state index is 0.537. The van der Waals surface area contributed by atoms with Gasteiger partial charge in [-0.25, -0.2) is 9.97 Å². The van der Waals surface area contributed by atoms with Gasteiger partial charge in [0.2, 0.25) is 0 Å². The number of rotatable bonds is 5. The van der Waals surface area contributed by atoms with Crippen LogP contribution in [0.4, 0.5) is 0 Å². The van der Waals surface area contributed by atoms with Gasteiger partial charge in [0.05, 0.1) is 11.2 Å².